The first kappa shape index (κ1) is 18.2. The second-order valence-electron chi connectivity index (χ2n) is 6.79. The number of ether oxygens (including phenoxy) is 1. The molecule has 8 nitrogen and oxygen atoms in total. The Hall–Kier alpha value is -3.13. The van der Waals surface area contributed by atoms with Gasteiger partial charge in [0.25, 0.3) is 5.91 Å². The van der Waals surface area contributed by atoms with Gasteiger partial charge in [-0.25, -0.2) is 4.98 Å². The fraction of sp³-hybridized carbons (Fsp3) is 0.350. The number of rotatable bonds is 4. The zero-order valence-electron chi connectivity index (χ0n) is 16.2. The monoisotopic (exact) mass is 381 g/mol. The molecule has 8 heteroatoms. The van der Waals surface area contributed by atoms with Gasteiger partial charge in [0.2, 0.25) is 5.89 Å². The van der Waals surface area contributed by atoms with Crippen molar-refractivity contribution in [2.75, 3.05) is 26.7 Å². The summed E-state index contributed by atoms with van der Waals surface area (Å²) in [5.74, 6) is 1.52. The first-order valence-electron chi connectivity index (χ1n) is 9.19. The van der Waals surface area contributed by atoms with Gasteiger partial charge in [0.05, 0.1) is 24.9 Å². The molecular weight excluding hydrogens is 358 g/mol. The predicted octanol–water partition coefficient (Wildman–Crippen LogP) is 2.18. The molecule has 28 heavy (non-hydrogen) atoms. The van der Waals surface area contributed by atoms with Crippen LogP contribution in [0.5, 0.6) is 5.75 Å². The Kier molecular flexibility index (Phi) is 4.87. The summed E-state index contributed by atoms with van der Waals surface area (Å²) in [5.41, 5.74) is 2.05. The lowest BCUT2D eigenvalue weighted by Gasteiger charge is -2.36. The smallest absolute Gasteiger partial charge is 0.276 e. The number of amides is 1. The van der Waals surface area contributed by atoms with E-state index in [0.717, 1.165) is 23.4 Å². The van der Waals surface area contributed by atoms with Gasteiger partial charge in [0, 0.05) is 38.4 Å². The van der Waals surface area contributed by atoms with Gasteiger partial charge < -0.3 is 19.4 Å². The predicted molar refractivity (Wildman–Crippen MR) is 103 cm³/mol. The number of piperazine rings is 1. The van der Waals surface area contributed by atoms with Crippen LogP contribution >= 0.6 is 0 Å². The van der Waals surface area contributed by atoms with E-state index < -0.39 is 0 Å². The number of carbonyl (C=O) groups is 1. The number of carbonyl (C=O) groups excluding carboxylic acids is 1. The molecule has 0 radical (unpaired) electrons. The number of benzene rings is 1. The molecule has 1 fully saturated rings. The zero-order chi connectivity index (χ0) is 19.7. The van der Waals surface area contributed by atoms with Gasteiger partial charge in [-0.3, -0.25) is 9.48 Å². The Labute approximate surface area is 163 Å². The van der Waals surface area contributed by atoms with Gasteiger partial charge in [0.15, 0.2) is 5.69 Å². The van der Waals surface area contributed by atoms with Crippen LogP contribution in [-0.2, 0) is 7.05 Å². The quantitative estimate of drug-likeness (QED) is 0.746. The highest BCUT2D eigenvalue weighted by Gasteiger charge is 2.33. The van der Waals surface area contributed by atoms with Crippen molar-refractivity contribution in [2.45, 2.75) is 13.0 Å². The van der Waals surface area contributed by atoms with E-state index in [4.69, 9.17) is 9.15 Å². The molecule has 1 N–H and O–H groups in total. The highest BCUT2D eigenvalue weighted by molar-refractivity contribution is 5.94. The van der Waals surface area contributed by atoms with E-state index in [0.29, 0.717) is 30.4 Å². The molecule has 4 rings (SSSR count). The molecule has 2 aromatic heterocycles. The SMILES string of the molecule is COc1ccccc1C1CNCCN1C(=O)c1nc(-c2cnn(C)c2)oc1C. The van der Waals surface area contributed by atoms with E-state index in [1.165, 1.54) is 0 Å². The fourth-order valence-corrected chi connectivity index (χ4v) is 3.55. The summed E-state index contributed by atoms with van der Waals surface area (Å²) < 4.78 is 12.9. The first-order valence-corrected chi connectivity index (χ1v) is 9.19. The van der Waals surface area contributed by atoms with Crippen molar-refractivity contribution in [2.24, 2.45) is 7.05 Å². The minimum Gasteiger partial charge on any atom is -0.496 e. The van der Waals surface area contributed by atoms with Crippen molar-refractivity contribution >= 4 is 5.91 Å². The van der Waals surface area contributed by atoms with E-state index in [1.807, 2.05) is 42.4 Å². The van der Waals surface area contributed by atoms with Crippen molar-refractivity contribution in [1.82, 2.24) is 25.0 Å². The third-order valence-electron chi connectivity index (χ3n) is 4.95. The molecule has 3 aromatic rings. The third kappa shape index (κ3) is 3.27. The highest BCUT2D eigenvalue weighted by atomic mass is 16.5. The maximum Gasteiger partial charge on any atom is 0.276 e. The molecule has 0 saturated carbocycles. The van der Waals surface area contributed by atoms with E-state index in [-0.39, 0.29) is 11.9 Å². The summed E-state index contributed by atoms with van der Waals surface area (Å²) in [7, 11) is 3.47. The fourth-order valence-electron chi connectivity index (χ4n) is 3.55. The van der Waals surface area contributed by atoms with Gasteiger partial charge >= 0.3 is 0 Å². The van der Waals surface area contributed by atoms with Crippen LogP contribution in [0, 0.1) is 6.92 Å². The number of hydrogen-bond acceptors (Lipinski definition) is 6. The summed E-state index contributed by atoms with van der Waals surface area (Å²) in [6.07, 6.45) is 3.48. The maximum absolute atomic E-state index is 13.4. The molecule has 3 heterocycles. The van der Waals surface area contributed by atoms with Crippen molar-refractivity contribution < 1.29 is 13.9 Å². The van der Waals surface area contributed by atoms with Gasteiger partial charge in [-0.05, 0) is 13.0 Å². The Balaban J connectivity index is 1.67. The topological polar surface area (TPSA) is 85.4 Å². The maximum atomic E-state index is 13.4. The lowest BCUT2D eigenvalue weighted by Crippen LogP contribution is -2.49. The van der Waals surface area contributed by atoms with Crippen LogP contribution in [0.25, 0.3) is 11.5 Å². The second-order valence-corrected chi connectivity index (χ2v) is 6.79. The normalized spacial score (nSPS) is 17.0. The van der Waals surface area contributed by atoms with Crippen molar-refractivity contribution in [3.05, 3.63) is 53.7 Å². The third-order valence-corrected chi connectivity index (χ3v) is 4.95. The second kappa shape index (κ2) is 7.47. The lowest BCUT2D eigenvalue weighted by atomic mass is 10.0. The average Bonchev–Trinajstić information content (AvgIpc) is 3.33. The minimum absolute atomic E-state index is 0.143. The average molecular weight is 381 g/mol. The number of methoxy groups -OCH3 is 1. The molecule has 0 aliphatic carbocycles. The van der Waals surface area contributed by atoms with Crippen LogP contribution in [0.1, 0.15) is 27.9 Å². The standard InChI is InChI=1S/C20H23N5O3/c1-13-18(23-19(28-13)14-10-22-24(2)12-14)20(26)25-9-8-21-11-16(25)15-6-4-5-7-17(15)27-3/h4-7,10,12,16,21H,8-9,11H2,1-3H3. The van der Waals surface area contributed by atoms with Crippen LogP contribution in [0.4, 0.5) is 0 Å². The molecule has 1 aromatic carbocycles. The Morgan fingerprint density at radius 1 is 1.36 bits per heavy atom. The number of para-hydroxylation sites is 1. The van der Waals surface area contributed by atoms with Gasteiger partial charge in [-0.1, -0.05) is 18.2 Å². The molecule has 1 unspecified atom stereocenters. The van der Waals surface area contributed by atoms with Crippen LogP contribution in [-0.4, -0.2) is 52.3 Å². The first-order chi connectivity index (χ1) is 13.6. The van der Waals surface area contributed by atoms with Crippen LogP contribution in [0.3, 0.4) is 0 Å². The number of aromatic nitrogens is 3. The van der Waals surface area contributed by atoms with Crippen LogP contribution in [0.15, 0.2) is 41.1 Å². The number of nitrogens with one attached hydrogen (secondary N) is 1. The zero-order valence-corrected chi connectivity index (χ0v) is 16.2. The van der Waals surface area contributed by atoms with Crippen LogP contribution < -0.4 is 10.1 Å². The molecule has 0 bridgehead atoms. The highest BCUT2D eigenvalue weighted by Crippen LogP contribution is 2.32. The number of nitrogens with zero attached hydrogens (tertiary/aromatic N) is 4. The molecule has 1 aliphatic rings. The molecule has 1 atom stereocenters. The number of aryl methyl sites for hydroxylation is 2. The molecule has 0 spiro atoms. The van der Waals surface area contributed by atoms with Gasteiger partial charge in [-0.2, -0.15) is 5.10 Å². The van der Waals surface area contributed by atoms with E-state index >= 15 is 0 Å². The van der Waals surface area contributed by atoms with Gasteiger partial charge in [0.1, 0.15) is 11.5 Å². The lowest BCUT2D eigenvalue weighted by molar-refractivity contribution is 0.0624. The summed E-state index contributed by atoms with van der Waals surface area (Å²) in [4.78, 5) is 19.7. The molecule has 1 aliphatic heterocycles. The largest absolute Gasteiger partial charge is 0.496 e. The summed E-state index contributed by atoms with van der Waals surface area (Å²) >= 11 is 0. The van der Waals surface area contributed by atoms with Crippen LogP contribution in [0.2, 0.25) is 0 Å². The van der Waals surface area contributed by atoms with Gasteiger partial charge in [-0.15, -0.1) is 0 Å². The summed E-state index contributed by atoms with van der Waals surface area (Å²) in [5, 5.41) is 7.50. The molecule has 146 valence electrons. The summed E-state index contributed by atoms with van der Waals surface area (Å²) in [6, 6.07) is 7.64. The Morgan fingerprint density at radius 3 is 2.93 bits per heavy atom. The number of hydrogen-bond donors (Lipinski definition) is 1. The minimum atomic E-state index is -0.145. The summed E-state index contributed by atoms with van der Waals surface area (Å²) in [6.45, 7) is 3.72. The van der Waals surface area contributed by atoms with Crippen molar-refractivity contribution in [3.8, 4) is 17.2 Å². The number of oxazole rings is 1. The van der Waals surface area contributed by atoms with E-state index in [9.17, 15) is 4.79 Å². The molecule has 1 saturated heterocycles. The molecule has 1 amide bonds. The Bertz CT molecular complexity index is 993. The van der Waals surface area contributed by atoms with Crippen molar-refractivity contribution in [3.63, 3.8) is 0 Å². The van der Waals surface area contributed by atoms with Crippen molar-refractivity contribution in [1.29, 1.82) is 0 Å². The molecular formula is C20H23N5O3. The Morgan fingerprint density at radius 2 is 2.18 bits per heavy atom. The van der Waals surface area contributed by atoms with E-state index in [2.05, 4.69) is 15.4 Å². The van der Waals surface area contributed by atoms with E-state index in [1.54, 1.807) is 24.9 Å².